The summed E-state index contributed by atoms with van der Waals surface area (Å²) in [6, 6.07) is 0.781. The minimum Gasteiger partial charge on any atom is -0.310 e. The van der Waals surface area contributed by atoms with Gasteiger partial charge in [0, 0.05) is 12.1 Å². The van der Waals surface area contributed by atoms with Gasteiger partial charge in [-0.1, -0.05) is 6.92 Å². The van der Waals surface area contributed by atoms with E-state index in [2.05, 4.69) is 12.2 Å². The van der Waals surface area contributed by atoms with Crippen LogP contribution >= 0.6 is 0 Å². The first-order valence-corrected chi connectivity index (χ1v) is 7.18. The van der Waals surface area contributed by atoms with Gasteiger partial charge < -0.3 is 5.32 Å². The Morgan fingerprint density at radius 2 is 1.86 bits per heavy atom. The molecule has 0 spiro atoms. The van der Waals surface area contributed by atoms with Crippen LogP contribution in [0.3, 0.4) is 0 Å². The molecule has 0 aromatic carbocycles. The van der Waals surface area contributed by atoms with Crippen LogP contribution in [-0.2, 0) is 9.84 Å². The van der Waals surface area contributed by atoms with E-state index >= 15 is 0 Å². The molecule has 2 atom stereocenters. The first-order valence-electron chi connectivity index (χ1n) is 5.46. The van der Waals surface area contributed by atoms with Crippen molar-refractivity contribution in [3.63, 3.8) is 0 Å². The average molecular weight is 217 g/mol. The molecule has 0 amide bonds. The molecule has 0 bridgehead atoms. The molecule has 1 heterocycles. The van der Waals surface area contributed by atoms with Crippen LogP contribution in [0.1, 0.15) is 33.1 Å². The van der Waals surface area contributed by atoms with Gasteiger partial charge in [0.1, 0.15) is 0 Å². The first kappa shape index (κ1) is 10.4. The largest absolute Gasteiger partial charge is 0.310 e. The van der Waals surface area contributed by atoms with Gasteiger partial charge in [-0.15, -0.1) is 0 Å². The van der Waals surface area contributed by atoms with Crippen LogP contribution in [0.5, 0.6) is 0 Å². The molecule has 1 saturated carbocycles. The molecule has 2 fully saturated rings. The van der Waals surface area contributed by atoms with Gasteiger partial charge in [-0.3, -0.25) is 0 Å². The predicted molar refractivity (Wildman–Crippen MR) is 57.0 cm³/mol. The van der Waals surface area contributed by atoms with Gasteiger partial charge in [-0.25, -0.2) is 8.42 Å². The van der Waals surface area contributed by atoms with Gasteiger partial charge in [0.25, 0.3) is 0 Å². The van der Waals surface area contributed by atoms with Crippen molar-refractivity contribution in [2.24, 2.45) is 5.92 Å². The third-order valence-electron chi connectivity index (χ3n) is 3.67. The first-order chi connectivity index (χ1) is 6.49. The van der Waals surface area contributed by atoms with E-state index in [-0.39, 0.29) is 11.3 Å². The lowest BCUT2D eigenvalue weighted by Crippen LogP contribution is -2.48. The Hall–Kier alpha value is -0.0900. The van der Waals surface area contributed by atoms with E-state index in [1.807, 2.05) is 6.92 Å². The minimum atomic E-state index is -2.78. The lowest BCUT2D eigenvalue weighted by atomic mass is 9.81. The zero-order chi connectivity index (χ0) is 10.3. The highest BCUT2D eigenvalue weighted by atomic mass is 32.2. The van der Waals surface area contributed by atoms with Crippen molar-refractivity contribution in [3.05, 3.63) is 0 Å². The number of hydrogen-bond donors (Lipinski definition) is 1. The molecule has 1 saturated heterocycles. The fourth-order valence-electron chi connectivity index (χ4n) is 2.52. The summed E-state index contributed by atoms with van der Waals surface area (Å²) in [5.74, 6) is 1.19. The van der Waals surface area contributed by atoms with Gasteiger partial charge in [0.15, 0.2) is 9.84 Å². The normalized spacial score (nSPS) is 46.1. The van der Waals surface area contributed by atoms with Gasteiger partial charge in [0.05, 0.1) is 11.0 Å². The lowest BCUT2D eigenvalue weighted by molar-refractivity contribution is 0.221. The topological polar surface area (TPSA) is 46.2 Å². The molecule has 82 valence electrons. The number of hydrogen-bond acceptors (Lipinski definition) is 3. The second-order valence-corrected chi connectivity index (χ2v) is 7.38. The van der Waals surface area contributed by atoms with Gasteiger partial charge >= 0.3 is 0 Å². The maximum absolute atomic E-state index is 11.5. The molecule has 0 aromatic heterocycles. The highest BCUT2D eigenvalue weighted by Gasteiger charge is 2.39. The summed E-state index contributed by atoms with van der Waals surface area (Å²) in [6.07, 6.45) is 3.22. The lowest BCUT2D eigenvalue weighted by Gasteiger charge is -2.36. The van der Waals surface area contributed by atoms with Gasteiger partial charge in [0.2, 0.25) is 0 Å². The monoisotopic (exact) mass is 217 g/mol. The van der Waals surface area contributed by atoms with E-state index in [4.69, 9.17) is 0 Å². The van der Waals surface area contributed by atoms with E-state index in [9.17, 15) is 8.42 Å². The smallest absolute Gasteiger partial charge is 0.154 e. The Morgan fingerprint density at radius 3 is 2.29 bits per heavy atom. The molecule has 1 N–H and O–H groups in total. The number of sulfone groups is 1. The second kappa shape index (κ2) is 3.49. The molecular formula is C10H19NO2S. The Labute approximate surface area is 86.2 Å². The molecule has 1 aliphatic carbocycles. The summed E-state index contributed by atoms with van der Waals surface area (Å²) in [5, 5.41) is 3.29. The average Bonchev–Trinajstić information content (AvgIpc) is 2.29. The Morgan fingerprint density at radius 1 is 1.21 bits per heavy atom. The molecule has 2 aliphatic rings. The van der Waals surface area contributed by atoms with Crippen molar-refractivity contribution in [2.75, 3.05) is 5.75 Å². The van der Waals surface area contributed by atoms with Crippen LogP contribution in [0, 0.1) is 5.92 Å². The molecule has 3 nitrogen and oxygen atoms in total. The summed E-state index contributed by atoms with van der Waals surface area (Å²) in [7, 11) is -2.78. The van der Waals surface area contributed by atoms with Crippen LogP contribution in [0.15, 0.2) is 0 Å². The summed E-state index contributed by atoms with van der Waals surface area (Å²) in [6.45, 7) is 4.08. The van der Waals surface area contributed by atoms with Crippen LogP contribution in [0.2, 0.25) is 0 Å². The van der Waals surface area contributed by atoms with Gasteiger partial charge in [-0.05, 0) is 32.1 Å². The third kappa shape index (κ3) is 1.82. The summed E-state index contributed by atoms with van der Waals surface area (Å²) in [5.41, 5.74) is 0. The van der Waals surface area contributed by atoms with Crippen molar-refractivity contribution >= 4 is 9.84 Å². The van der Waals surface area contributed by atoms with Crippen molar-refractivity contribution < 1.29 is 8.42 Å². The zero-order valence-corrected chi connectivity index (χ0v) is 9.68. The van der Waals surface area contributed by atoms with Crippen LogP contribution < -0.4 is 5.32 Å². The van der Waals surface area contributed by atoms with Crippen LogP contribution in [0.25, 0.3) is 0 Å². The molecule has 2 rings (SSSR count). The molecule has 14 heavy (non-hydrogen) atoms. The summed E-state index contributed by atoms with van der Waals surface area (Å²) >= 11 is 0. The van der Waals surface area contributed by atoms with E-state index < -0.39 is 9.84 Å². The predicted octanol–water partition coefficient (Wildman–Crippen LogP) is 0.950. The molecule has 0 radical (unpaired) electrons. The molecule has 1 aliphatic heterocycles. The fourth-order valence-corrected chi connectivity index (χ4v) is 4.19. The van der Waals surface area contributed by atoms with Crippen LogP contribution in [0.4, 0.5) is 0 Å². The summed E-state index contributed by atoms with van der Waals surface area (Å²) < 4.78 is 23.0. The van der Waals surface area contributed by atoms with Crippen LogP contribution in [-0.4, -0.2) is 31.5 Å². The van der Waals surface area contributed by atoms with Gasteiger partial charge in [-0.2, -0.15) is 0 Å². The Kier molecular flexibility index (Phi) is 2.60. The highest BCUT2D eigenvalue weighted by Crippen LogP contribution is 2.29. The fraction of sp³-hybridized carbons (Fsp3) is 1.00. The standard InChI is InChI=1S/C10H19NO2S/c1-7-5-9(6-7)11-10-3-4-14(12,13)8(10)2/h7-11H,3-6H2,1-2H3. The second-order valence-electron chi connectivity index (χ2n) is 4.91. The maximum Gasteiger partial charge on any atom is 0.154 e. The summed E-state index contributed by atoms with van der Waals surface area (Å²) in [4.78, 5) is 0. The maximum atomic E-state index is 11.5. The molecule has 2 unspecified atom stereocenters. The molecule has 0 aromatic rings. The van der Waals surface area contributed by atoms with Crippen molar-refractivity contribution in [2.45, 2.75) is 50.4 Å². The van der Waals surface area contributed by atoms with Crippen molar-refractivity contribution in [1.82, 2.24) is 5.32 Å². The van der Waals surface area contributed by atoms with E-state index in [1.165, 1.54) is 12.8 Å². The quantitative estimate of drug-likeness (QED) is 0.749. The third-order valence-corrected chi connectivity index (χ3v) is 5.94. The Balaban J connectivity index is 1.89. The van der Waals surface area contributed by atoms with E-state index in [0.29, 0.717) is 11.8 Å². The van der Waals surface area contributed by atoms with E-state index in [0.717, 1.165) is 12.3 Å². The molecular weight excluding hydrogens is 198 g/mol. The number of rotatable bonds is 2. The molecule has 4 heteroatoms. The minimum absolute atomic E-state index is 0.182. The van der Waals surface area contributed by atoms with Crippen molar-refractivity contribution in [3.8, 4) is 0 Å². The zero-order valence-electron chi connectivity index (χ0n) is 8.86. The Bertz CT molecular complexity index is 306. The SMILES string of the molecule is CC1CC(NC2CCS(=O)(=O)C2C)C1. The van der Waals surface area contributed by atoms with Crippen molar-refractivity contribution in [1.29, 1.82) is 0 Å². The van der Waals surface area contributed by atoms with E-state index in [1.54, 1.807) is 0 Å². The highest BCUT2D eigenvalue weighted by molar-refractivity contribution is 7.92. The number of nitrogens with one attached hydrogen (secondary N) is 1.